The highest BCUT2D eigenvalue weighted by atomic mass is 31.1. The van der Waals surface area contributed by atoms with Crippen molar-refractivity contribution in [2.24, 2.45) is 0 Å². The summed E-state index contributed by atoms with van der Waals surface area (Å²) >= 11 is 0. The molecule has 0 aromatic carbocycles. The molecule has 0 spiro atoms. The molecule has 0 aromatic rings. The van der Waals surface area contributed by atoms with Gasteiger partial charge in [0.25, 0.3) is 0 Å². The van der Waals surface area contributed by atoms with E-state index in [1.165, 1.54) is 14.2 Å². The van der Waals surface area contributed by atoms with Gasteiger partial charge in [-0.05, 0) is 0 Å². The molecule has 0 saturated heterocycles. The SMILES string of the molecule is CO[P+](=O)OCCOCCO[P+](=O)OC. The van der Waals surface area contributed by atoms with Gasteiger partial charge in [0.15, 0.2) is 0 Å². The fourth-order valence-electron chi connectivity index (χ4n) is 0.549. The van der Waals surface area contributed by atoms with Gasteiger partial charge in [0.05, 0.1) is 27.4 Å². The average Bonchev–Trinajstić information content (AvgIpc) is 2.26. The first-order valence-corrected chi connectivity index (χ1v) is 6.26. The quantitative estimate of drug-likeness (QED) is 0.436. The van der Waals surface area contributed by atoms with E-state index in [1.54, 1.807) is 0 Å². The molecule has 88 valence electrons. The normalized spacial score (nSPS) is 12.7. The zero-order valence-electron chi connectivity index (χ0n) is 8.58. The fraction of sp³-hybridized carbons (Fsp3) is 1.00. The minimum absolute atomic E-state index is 0.166. The van der Waals surface area contributed by atoms with Crippen molar-refractivity contribution < 1.29 is 32.0 Å². The predicted octanol–water partition coefficient (Wildman–Crippen LogP) is 1.64. The van der Waals surface area contributed by atoms with Gasteiger partial charge in [-0.15, -0.1) is 18.1 Å². The van der Waals surface area contributed by atoms with E-state index >= 15 is 0 Å². The molecule has 0 N–H and O–H groups in total. The second-order valence-corrected chi connectivity index (χ2v) is 4.23. The van der Waals surface area contributed by atoms with E-state index in [2.05, 4.69) is 18.1 Å². The zero-order chi connectivity index (χ0) is 11.5. The molecule has 0 aromatic heterocycles. The van der Waals surface area contributed by atoms with Gasteiger partial charge in [-0.3, -0.25) is 0 Å². The summed E-state index contributed by atoms with van der Waals surface area (Å²) in [4.78, 5) is 0. The van der Waals surface area contributed by atoms with Gasteiger partial charge in [-0.2, -0.15) is 0 Å². The molecule has 0 aliphatic rings. The Morgan fingerprint density at radius 3 is 1.53 bits per heavy atom. The van der Waals surface area contributed by atoms with Crippen molar-refractivity contribution >= 4 is 16.5 Å². The summed E-state index contributed by atoms with van der Waals surface area (Å²) in [6.07, 6.45) is 0. The summed E-state index contributed by atoms with van der Waals surface area (Å²) < 4.78 is 44.3. The molecular weight excluding hydrogens is 246 g/mol. The van der Waals surface area contributed by atoms with Crippen LogP contribution in [-0.4, -0.2) is 40.6 Å². The highest BCUT2D eigenvalue weighted by Gasteiger charge is 2.17. The van der Waals surface area contributed by atoms with Crippen molar-refractivity contribution in [3.05, 3.63) is 0 Å². The Hall–Kier alpha value is -0.0000000000000000208. The maximum Gasteiger partial charge on any atom is 0.697 e. The van der Waals surface area contributed by atoms with Crippen LogP contribution in [0.25, 0.3) is 0 Å². The van der Waals surface area contributed by atoms with Crippen molar-refractivity contribution in [3.63, 3.8) is 0 Å². The van der Waals surface area contributed by atoms with Crippen molar-refractivity contribution in [1.29, 1.82) is 0 Å². The van der Waals surface area contributed by atoms with Crippen LogP contribution in [-0.2, 0) is 32.0 Å². The van der Waals surface area contributed by atoms with Gasteiger partial charge in [-0.25, -0.2) is 0 Å². The van der Waals surface area contributed by atoms with Crippen LogP contribution in [0.5, 0.6) is 0 Å². The van der Waals surface area contributed by atoms with E-state index in [0.717, 1.165) is 0 Å². The molecule has 0 saturated carbocycles. The fourth-order valence-corrected chi connectivity index (χ4v) is 1.21. The highest BCUT2D eigenvalue weighted by molar-refractivity contribution is 7.33. The number of hydrogen-bond donors (Lipinski definition) is 0. The predicted molar refractivity (Wildman–Crippen MR) is 52.0 cm³/mol. The Balaban J connectivity index is 3.11. The van der Waals surface area contributed by atoms with E-state index < -0.39 is 16.5 Å². The lowest BCUT2D eigenvalue weighted by atomic mass is 10.7. The molecule has 0 heterocycles. The van der Waals surface area contributed by atoms with Crippen molar-refractivity contribution in [3.8, 4) is 0 Å². The zero-order valence-corrected chi connectivity index (χ0v) is 10.4. The summed E-state index contributed by atoms with van der Waals surface area (Å²) in [5, 5.41) is 0. The van der Waals surface area contributed by atoms with Gasteiger partial charge in [0, 0.05) is 9.13 Å². The molecule has 0 aliphatic carbocycles. The van der Waals surface area contributed by atoms with Crippen LogP contribution < -0.4 is 0 Å². The van der Waals surface area contributed by atoms with E-state index in [1.807, 2.05) is 0 Å². The van der Waals surface area contributed by atoms with E-state index in [-0.39, 0.29) is 26.4 Å². The largest absolute Gasteiger partial charge is 0.697 e. The maximum atomic E-state index is 10.6. The Morgan fingerprint density at radius 1 is 0.800 bits per heavy atom. The molecule has 0 amide bonds. The minimum Gasteiger partial charge on any atom is -0.376 e. The summed E-state index contributed by atoms with van der Waals surface area (Å²) in [5.41, 5.74) is 0. The molecule has 2 atom stereocenters. The van der Waals surface area contributed by atoms with Gasteiger partial charge in [0.2, 0.25) is 0 Å². The van der Waals surface area contributed by atoms with Crippen LogP contribution in [0.3, 0.4) is 0 Å². The van der Waals surface area contributed by atoms with Gasteiger partial charge >= 0.3 is 16.5 Å². The third-order valence-corrected chi connectivity index (χ3v) is 2.53. The molecule has 0 bridgehead atoms. The Morgan fingerprint density at radius 2 is 1.20 bits per heavy atom. The molecule has 15 heavy (non-hydrogen) atoms. The van der Waals surface area contributed by atoms with E-state index in [0.29, 0.717) is 0 Å². The first-order chi connectivity index (χ1) is 7.20. The Labute approximate surface area is 89.9 Å². The highest BCUT2D eigenvalue weighted by Crippen LogP contribution is 2.21. The van der Waals surface area contributed by atoms with Crippen LogP contribution in [0.15, 0.2) is 0 Å². The minimum atomic E-state index is -2.04. The standard InChI is InChI=1S/C6H14O7P2/c1-9-14(7)12-5-3-11-4-6-13-15(8)10-2/h3-6H2,1-2H3/q+2. The average molecular weight is 260 g/mol. The third-order valence-electron chi connectivity index (χ3n) is 1.15. The molecular formula is C6H14O7P2+2. The second kappa shape index (κ2) is 10.5. The topological polar surface area (TPSA) is 80.3 Å². The lowest BCUT2D eigenvalue weighted by molar-refractivity contribution is 0.0726. The van der Waals surface area contributed by atoms with E-state index in [4.69, 9.17) is 4.74 Å². The van der Waals surface area contributed by atoms with Crippen LogP contribution in [0.2, 0.25) is 0 Å². The third kappa shape index (κ3) is 10.3. The summed E-state index contributed by atoms with van der Waals surface area (Å²) in [5.74, 6) is 0. The van der Waals surface area contributed by atoms with E-state index in [9.17, 15) is 9.13 Å². The van der Waals surface area contributed by atoms with Crippen molar-refractivity contribution in [1.82, 2.24) is 0 Å². The summed E-state index contributed by atoms with van der Waals surface area (Å²) in [6.45, 7) is 0.855. The number of ether oxygens (including phenoxy) is 1. The first-order valence-electron chi connectivity index (χ1n) is 4.07. The molecule has 7 nitrogen and oxygen atoms in total. The van der Waals surface area contributed by atoms with Crippen LogP contribution in [0, 0.1) is 0 Å². The molecule has 0 rings (SSSR count). The molecule has 9 heteroatoms. The summed E-state index contributed by atoms with van der Waals surface area (Å²) in [7, 11) is -1.51. The van der Waals surface area contributed by atoms with Crippen LogP contribution in [0.1, 0.15) is 0 Å². The van der Waals surface area contributed by atoms with Crippen molar-refractivity contribution in [2.45, 2.75) is 0 Å². The molecule has 0 aliphatic heterocycles. The summed E-state index contributed by atoms with van der Waals surface area (Å²) in [6, 6.07) is 0. The number of hydrogen-bond acceptors (Lipinski definition) is 7. The monoisotopic (exact) mass is 260 g/mol. The Kier molecular flexibility index (Phi) is 10.5. The van der Waals surface area contributed by atoms with Crippen molar-refractivity contribution in [2.75, 3.05) is 40.6 Å². The van der Waals surface area contributed by atoms with Gasteiger partial charge in [-0.1, -0.05) is 0 Å². The lowest BCUT2D eigenvalue weighted by Crippen LogP contribution is -2.06. The molecule has 0 radical (unpaired) electrons. The number of rotatable bonds is 10. The molecule has 2 unspecified atom stereocenters. The second-order valence-electron chi connectivity index (χ2n) is 2.09. The van der Waals surface area contributed by atoms with Gasteiger partial charge < -0.3 is 4.74 Å². The van der Waals surface area contributed by atoms with Crippen LogP contribution in [0.4, 0.5) is 0 Å². The van der Waals surface area contributed by atoms with Gasteiger partial charge in [0.1, 0.15) is 13.2 Å². The Bertz CT molecular complexity index is 178. The lowest BCUT2D eigenvalue weighted by Gasteiger charge is -1.96. The smallest absolute Gasteiger partial charge is 0.376 e. The maximum absolute atomic E-state index is 10.6. The van der Waals surface area contributed by atoms with Crippen LogP contribution >= 0.6 is 16.5 Å². The molecule has 0 fully saturated rings. The first kappa shape index (κ1) is 15.0.